The Labute approximate surface area is 147 Å². The van der Waals surface area contributed by atoms with Crippen molar-refractivity contribution in [3.8, 4) is 11.4 Å². The first-order valence-corrected chi connectivity index (χ1v) is 8.26. The Kier molecular flexibility index (Phi) is 5.14. The second-order valence-corrected chi connectivity index (χ2v) is 5.64. The van der Waals surface area contributed by atoms with Crippen molar-refractivity contribution in [2.45, 2.75) is 19.9 Å². The van der Waals surface area contributed by atoms with E-state index in [1.54, 1.807) is 13.3 Å². The fourth-order valence-corrected chi connectivity index (χ4v) is 2.76. The number of carbonyl (C=O) groups is 1. The number of hydrogen-bond donors (Lipinski definition) is 1. The van der Waals surface area contributed by atoms with E-state index in [-0.39, 0.29) is 5.91 Å². The summed E-state index contributed by atoms with van der Waals surface area (Å²) in [6.07, 6.45) is 2.35. The van der Waals surface area contributed by atoms with E-state index in [1.807, 2.05) is 66.2 Å². The molecule has 128 valence electrons. The first-order valence-electron chi connectivity index (χ1n) is 8.26. The van der Waals surface area contributed by atoms with E-state index in [9.17, 15) is 4.79 Å². The number of aromatic nitrogens is 2. The van der Waals surface area contributed by atoms with Crippen LogP contribution < -0.4 is 10.1 Å². The number of amides is 1. The average Bonchev–Trinajstić information content (AvgIpc) is 3.11. The molecule has 0 fully saturated rings. The van der Waals surface area contributed by atoms with Crippen LogP contribution in [0.1, 0.15) is 28.5 Å². The lowest BCUT2D eigenvalue weighted by atomic mass is 10.1. The van der Waals surface area contributed by atoms with Crippen molar-refractivity contribution < 1.29 is 9.53 Å². The minimum absolute atomic E-state index is 0.123. The lowest BCUT2D eigenvalue weighted by Gasteiger charge is -2.09. The Morgan fingerprint density at radius 1 is 1.16 bits per heavy atom. The van der Waals surface area contributed by atoms with E-state index < -0.39 is 0 Å². The molecular formula is C20H21N3O2. The van der Waals surface area contributed by atoms with Crippen molar-refractivity contribution in [2.75, 3.05) is 7.11 Å². The van der Waals surface area contributed by atoms with Gasteiger partial charge >= 0.3 is 0 Å². The fraction of sp³-hybridized carbons (Fsp3) is 0.200. The van der Waals surface area contributed by atoms with Crippen LogP contribution in [-0.2, 0) is 13.0 Å². The van der Waals surface area contributed by atoms with Gasteiger partial charge in [-0.15, -0.1) is 0 Å². The smallest absolute Gasteiger partial charge is 0.255 e. The molecule has 0 radical (unpaired) electrons. The molecule has 0 unspecified atom stereocenters. The third-order valence-electron chi connectivity index (χ3n) is 4.04. The monoisotopic (exact) mass is 335 g/mol. The van der Waals surface area contributed by atoms with Crippen molar-refractivity contribution in [3.63, 3.8) is 0 Å². The summed E-state index contributed by atoms with van der Waals surface area (Å²) in [5, 5.41) is 7.35. The van der Waals surface area contributed by atoms with E-state index >= 15 is 0 Å². The highest BCUT2D eigenvalue weighted by atomic mass is 16.5. The van der Waals surface area contributed by atoms with Gasteiger partial charge < -0.3 is 10.1 Å². The molecule has 0 aliphatic heterocycles. The van der Waals surface area contributed by atoms with Crippen LogP contribution >= 0.6 is 0 Å². The van der Waals surface area contributed by atoms with Crippen LogP contribution in [-0.4, -0.2) is 22.8 Å². The fourth-order valence-electron chi connectivity index (χ4n) is 2.76. The molecule has 1 aromatic heterocycles. The lowest BCUT2D eigenvalue weighted by Crippen LogP contribution is -2.23. The summed E-state index contributed by atoms with van der Waals surface area (Å²) in [5.74, 6) is 0.653. The number of para-hydroxylation sites is 1. The number of nitrogens with one attached hydrogen (secondary N) is 1. The van der Waals surface area contributed by atoms with Crippen molar-refractivity contribution in [1.82, 2.24) is 15.1 Å². The first-order chi connectivity index (χ1) is 12.2. The summed E-state index contributed by atoms with van der Waals surface area (Å²) < 4.78 is 7.03. The summed E-state index contributed by atoms with van der Waals surface area (Å²) in [4.78, 5) is 12.6. The average molecular weight is 335 g/mol. The number of nitrogens with zero attached hydrogens (tertiary/aromatic N) is 2. The molecule has 3 aromatic rings. The number of rotatable bonds is 6. The maximum atomic E-state index is 12.6. The van der Waals surface area contributed by atoms with Gasteiger partial charge in [-0.25, -0.2) is 4.68 Å². The van der Waals surface area contributed by atoms with Gasteiger partial charge in [0.25, 0.3) is 5.91 Å². The Morgan fingerprint density at radius 3 is 2.68 bits per heavy atom. The molecule has 0 saturated carbocycles. The van der Waals surface area contributed by atoms with Crippen LogP contribution in [0.3, 0.4) is 0 Å². The Bertz CT molecular complexity index is 856. The zero-order chi connectivity index (χ0) is 17.6. The molecule has 0 spiro atoms. The molecule has 5 nitrogen and oxygen atoms in total. The molecule has 0 bridgehead atoms. The quantitative estimate of drug-likeness (QED) is 0.751. The van der Waals surface area contributed by atoms with Gasteiger partial charge in [0.05, 0.1) is 30.3 Å². The molecule has 1 N–H and O–H groups in total. The van der Waals surface area contributed by atoms with Crippen molar-refractivity contribution >= 4 is 5.91 Å². The number of carbonyl (C=O) groups excluding carboxylic acids is 1. The highest BCUT2D eigenvalue weighted by molar-refractivity contribution is 5.95. The summed E-state index contributed by atoms with van der Waals surface area (Å²) in [6.45, 7) is 2.46. The molecule has 0 atom stereocenters. The second-order valence-electron chi connectivity index (χ2n) is 5.64. The first kappa shape index (κ1) is 16.8. The SMILES string of the molecule is CCc1c(C(=O)NCc2cccc(OC)c2)cnn1-c1ccccc1. The molecular weight excluding hydrogens is 314 g/mol. The number of hydrogen-bond acceptors (Lipinski definition) is 3. The van der Waals surface area contributed by atoms with Gasteiger partial charge in [0, 0.05) is 6.54 Å². The molecule has 2 aromatic carbocycles. The van der Waals surface area contributed by atoms with E-state index in [4.69, 9.17) is 4.74 Å². The predicted octanol–water partition coefficient (Wildman–Crippen LogP) is 3.37. The predicted molar refractivity (Wildman–Crippen MR) is 97.1 cm³/mol. The number of benzene rings is 2. The van der Waals surface area contributed by atoms with Gasteiger partial charge in [0.15, 0.2) is 0 Å². The van der Waals surface area contributed by atoms with Gasteiger partial charge in [-0.2, -0.15) is 5.10 Å². The van der Waals surface area contributed by atoms with Crippen LogP contribution in [0, 0.1) is 0 Å². The zero-order valence-corrected chi connectivity index (χ0v) is 14.4. The summed E-state index contributed by atoms with van der Waals surface area (Å²) >= 11 is 0. The van der Waals surface area contributed by atoms with Gasteiger partial charge in [-0.1, -0.05) is 37.3 Å². The van der Waals surface area contributed by atoms with Crippen LogP contribution in [0.5, 0.6) is 5.75 Å². The minimum Gasteiger partial charge on any atom is -0.497 e. The van der Waals surface area contributed by atoms with Crippen molar-refractivity contribution in [3.05, 3.63) is 77.6 Å². The van der Waals surface area contributed by atoms with Crippen LogP contribution in [0.4, 0.5) is 0 Å². The summed E-state index contributed by atoms with van der Waals surface area (Å²) in [5.41, 5.74) is 3.44. The van der Waals surface area contributed by atoms with Crippen LogP contribution in [0.2, 0.25) is 0 Å². The molecule has 0 aliphatic carbocycles. The Morgan fingerprint density at radius 2 is 1.96 bits per heavy atom. The molecule has 3 rings (SSSR count). The standard InChI is InChI=1S/C20H21N3O2/c1-3-19-18(14-22-23(19)16-9-5-4-6-10-16)20(24)21-13-15-8-7-11-17(12-15)25-2/h4-12,14H,3,13H2,1-2H3,(H,21,24). The van der Waals surface area contributed by atoms with E-state index in [1.165, 1.54) is 0 Å². The largest absolute Gasteiger partial charge is 0.497 e. The van der Waals surface area contributed by atoms with E-state index in [0.29, 0.717) is 12.1 Å². The molecule has 0 saturated heterocycles. The maximum Gasteiger partial charge on any atom is 0.255 e. The summed E-state index contributed by atoms with van der Waals surface area (Å²) in [6, 6.07) is 17.5. The Balaban J connectivity index is 1.77. The normalized spacial score (nSPS) is 10.5. The molecule has 1 heterocycles. The topological polar surface area (TPSA) is 56.1 Å². The van der Waals surface area contributed by atoms with Crippen LogP contribution in [0.25, 0.3) is 5.69 Å². The number of ether oxygens (including phenoxy) is 1. The van der Waals surface area contributed by atoms with Crippen molar-refractivity contribution in [2.24, 2.45) is 0 Å². The van der Waals surface area contributed by atoms with E-state index in [2.05, 4.69) is 10.4 Å². The third kappa shape index (κ3) is 3.71. The molecule has 5 heteroatoms. The Hall–Kier alpha value is -3.08. The second kappa shape index (κ2) is 7.66. The van der Waals surface area contributed by atoms with Gasteiger partial charge in [-0.05, 0) is 36.2 Å². The zero-order valence-electron chi connectivity index (χ0n) is 14.4. The highest BCUT2D eigenvalue weighted by Crippen LogP contribution is 2.16. The third-order valence-corrected chi connectivity index (χ3v) is 4.04. The molecule has 25 heavy (non-hydrogen) atoms. The van der Waals surface area contributed by atoms with Gasteiger partial charge in [0.1, 0.15) is 5.75 Å². The van der Waals surface area contributed by atoms with E-state index in [0.717, 1.165) is 29.1 Å². The highest BCUT2D eigenvalue weighted by Gasteiger charge is 2.16. The number of methoxy groups -OCH3 is 1. The maximum absolute atomic E-state index is 12.6. The molecule has 1 amide bonds. The van der Waals surface area contributed by atoms with Crippen molar-refractivity contribution in [1.29, 1.82) is 0 Å². The summed E-state index contributed by atoms with van der Waals surface area (Å²) in [7, 11) is 1.63. The van der Waals surface area contributed by atoms with Gasteiger partial charge in [-0.3, -0.25) is 4.79 Å². The minimum atomic E-state index is -0.123. The molecule has 0 aliphatic rings. The lowest BCUT2D eigenvalue weighted by molar-refractivity contribution is 0.0950. The van der Waals surface area contributed by atoms with Crippen LogP contribution in [0.15, 0.2) is 60.8 Å². The van der Waals surface area contributed by atoms with Gasteiger partial charge in [0.2, 0.25) is 0 Å².